The summed E-state index contributed by atoms with van der Waals surface area (Å²) in [6.07, 6.45) is 2.30. The van der Waals surface area contributed by atoms with Crippen molar-refractivity contribution >= 4 is 44.9 Å². The van der Waals surface area contributed by atoms with Gasteiger partial charge in [0.2, 0.25) is 5.91 Å². The predicted molar refractivity (Wildman–Crippen MR) is 118 cm³/mol. The van der Waals surface area contributed by atoms with Crippen molar-refractivity contribution in [1.82, 2.24) is 9.97 Å². The SMILES string of the molecule is COc1ccc(NC(=O)CSc2nc(C3CC3)nc3sc(C)c(C)c23)c(OC)c1. The van der Waals surface area contributed by atoms with E-state index in [1.54, 1.807) is 43.8 Å². The number of rotatable bonds is 7. The number of fused-ring (bicyclic) bond motifs is 1. The van der Waals surface area contributed by atoms with Crippen molar-refractivity contribution < 1.29 is 14.3 Å². The number of carbonyl (C=O) groups is 1. The van der Waals surface area contributed by atoms with E-state index in [1.165, 1.54) is 22.2 Å². The molecule has 0 aliphatic heterocycles. The average Bonchev–Trinajstić information content (AvgIpc) is 3.53. The first-order valence-corrected chi connectivity index (χ1v) is 11.2. The number of hydrogen-bond acceptors (Lipinski definition) is 7. The number of benzene rings is 1. The maximum atomic E-state index is 12.6. The Labute approximate surface area is 178 Å². The number of ether oxygens (including phenoxy) is 2. The van der Waals surface area contributed by atoms with Crippen molar-refractivity contribution in [2.45, 2.75) is 37.6 Å². The number of aromatic nitrogens is 2. The molecule has 1 amide bonds. The van der Waals surface area contributed by atoms with E-state index in [0.717, 1.165) is 33.9 Å². The van der Waals surface area contributed by atoms with Gasteiger partial charge in [0.1, 0.15) is 27.2 Å². The molecule has 0 saturated heterocycles. The lowest BCUT2D eigenvalue weighted by molar-refractivity contribution is -0.113. The Morgan fingerprint density at radius 3 is 2.72 bits per heavy atom. The number of nitrogens with zero attached hydrogens (tertiary/aromatic N) is 2. The molecule has 3 aromatic rings. The van der Waals surface area contributed by atoms with E-state index in [2.05, 4.69) is 19.2 Å². The van der Waals surface area contributed by atoms with Crippen LogP contribution < -0.4 is 14.8 Å². The molecule has 2 aromatic heterocycles. The molecule has 8 heteroatoms. The minimum absolute atomic E-state index is 0.109. The lowest BCUT2D eigenvalue weighted by atomic mass is 10.2. The van der Waals surface area contributed by atoms with Gasteiger partial charge < -0.3 is 14.8 Å². The van der Waals surface area contributed by atoms with Crippen molar-refractivity contribution in [3.8, 4) is 11.5 Å². The quantitative estimate of drug-likeness (QED) is 0.424. The van der Waals surface area contributed by atoms with E-state index in [-0.39, 0.29) is 11.7 Å². The molecule has 1 saturated carbocycles. The summed E-state index contributed by atoms with van der Waals surface area (Å²) in [5, 5.41) is 4.90. The minimum Gasteiger partial charge on any atom is -0.497 e. The maximum Gasteiger partial charge on any atom is 0.234 e. The van der Waals surface area contributed by atoms with E-state index in [1.807, 2.05) is 0 Å². The third kappa shape index (κ3) is 4.18. The zero-order valence-electron chi connectivity index (χ0n) is 16.9. The number of thioether (sulfide) groups is 1. The standard InChI is InChI=1S/C21H23N3O3S2/c1-11-12(2)29-21-18(11)20(23-19(24-21)13-5-6-13)28-10-17(25)22-15-8-7-14(26-3)9-16(15)27-4/h7-9,13H,5-6,10H2,1-4H3,(H,22,25). The molecule has 29 heavy (non-hydrogen) atoms. The monoisotopic (exact) mass is 429 g/mol. The van der Waals surface area contributed by atoms with Crippen LogP contribution in [0.25, 0.3) is 10.2 Å². The van der Waals surface area contributed by atoms with Crippen LogP contribution in [0.5, 0.6) is 11.5 Å². The summed E-state index contributed by atoms with van der Waals surface area (Å²) in [6.45, 7) is 4.20. The molecule has 0 bridgehead atoms. The summed E-state index contributed by atoms with van der Waals surface area (Å²) in [6, 6.07) is 5.31. The molecule has 1 aromatic carbocycles. The van der Waals surface area contributed by atoms with Crippen molar-refractivity contribution in [2.75, 3.05) is 25.3 Å². The highest BCUT2D eigenvalue weighted by Gasteiger charge is 2.28. The van der Waals surface area contributed by atoms with Crippen LogP contribution in [0.3, 0.4) is 0 Å². The molecule has 152 valence electrons. The molecule has 0 spiro atoms. The second-order valence-electron chi connectivity index (χ2n) is 7.03. The minimum atomic E-state index is -0.109. The fraction of sp³-hybridized carbons (Fsp3) is 0.381. The number of nitrogens with one attached hydrogen (secondary N) is 1. The molecule has 1 aliphatic rings. The number of aryl methyl sites for hydroxylation is 2. The Bertz CT molecular complexity index is 1080. The largest absolute Gasteiger partial charge is 0.497 e. The molecule has 1 fully saturated rings. The highest BCUT2D eigenvalue weighted by atomic mass is 32.2. The number of anilines is 1. The molecule has 1 N–H and O–H groups in total. The topological polar surface area (TPSA) is 73.3 Å². The first-order chi connectivity index (χ1) is 14.0. The predicted octanol–water partition coefficient (Wildman–Crippen LogP) is 4.93. The Hall–Kier alpha value is -2.32. The van der Waals surface area contributed by atoms with E-state index in [4.69, 9.17) is 19.4 Å². The summed E-state index contributed by atoms with van der Waals surface area (Å²) in [5.41, 5.74) is 1.82. The van der Waals surface area contributed by atoms with Gasteiger partial charge in [-0.15, -0.1) is 11.3 Å². The first-order valence-electron chi connectivity index (χ1n) is 9.42. The van der Waals surface area contributed by atoms with E-state index < -0.39 is 0 Å². The van der Waals surface area contributed by atoms with Crippen LogP contribution >= 0.6 is 23.1 Å². The highest BCUT2D eigenvalue weighted by molar-refractivity contribution is 8.00. The van der Waals surface area contributed by atoms with Gasteiger partial charge in [-0.25, -0.2) is 9.97 Å². The van der Waals surface area contributed by atoms with Gasteiger partial charge in [-0.1, -0.05) is 11.8 Å². The second-order valence-corrected chi connectivity index (χ2v) is 9.19. The normalized spacial score (nSPS) is 13.5. The molecule has 2 heterocycles. The molecule has 0 atom stereocenters. The van der Waals surface area contributed by atoms with E-state index in [0.29, 0.717) is 23.1 Å². The van der Waals surface area contributed by atoms with Crippen LogP contribution in [0.1, 0.15) is 35.0 Å². The van der Waals surface area contributed by atoms with Gasteiger partial charge in [0.05, 0.1) is 25.7 Å². The molecule has 6 nitrogen and oxygen atoms in total. The molecular weight excluding hydrogens is 406 g/mol. The molecule has 4 rings (SSSR count). The Morgan fingerprint density at radius 1 is 1.24 bits per heavy atom. The number of hydrogen-bond donors (Lipinski definition) is 1. The highest BCUT2D eigenvalue weighted by Crippen LogP contribution is 2.42. The average molecular weight is 430 g/mol. The number of methoxy groups -OCH3 is 2. The van der Waals surface area contributed by atoms with E-state index in [9.17, 15) is 4.79 Å². The summed E-state index contributed by atoms with van der Waals surface area (Å²) >= 11 is 3.17. The number of thiophene rings is 1. The summed E-state index contributed by atoms with van der Waals surface area (Å²) in [4.78, 5) is 24.5. The Kier molecular flexibility index (Phi) is 5.65. The van der Waals surface area contributed by atoms with Gasteiger partial charge in [-0.05, 0) is 44.4 Å². The van der Waals surface area contributed by atoms with Crippen molar-refractivity contribution in [3.05, 3.63) is 34.5 Å². The lowest BCUT2D eigenvalue weighted by Gasteiger charge is -2.12. The van der Waals surface area contributed by atoms with Gasteiger partial charge in [0, 0.05) is 22.2 Å². The fourth-order valence-corrected chi connectivity index (χ4v) is 5.07. The zero-order chi connectivity index (χ0) is 20.5. The summed E-state index contributed by atoms with van der Waals surface area (Å²) < 4.78 is 10.6. The van der Waals surface area contributed by atoms with Crippen LogP contribution in [0, 0.1) is 13.8 Å². The van der Waals surface area contributed by atoms with E-state index >= 15 is 0 Å². The molecular formula is C21H23N3O3S2. The lowest BCUT2D eigenvalue weighted by Crippen LogP contribution is -2.15. The van der Waals surface area contributed by atoms with Crippen LogP contribution in [-0.4, -0.2) is 35.8 Å². The van der Waals surface area contributed by atoms with Gasteiger partial charge >= 0.3 is 0 Å². The number of amides is 1. The third-order valence-corrected chi connectivity index (χ3v) is 7.05. The van der Waals surface area contributed by atoms with Crippen LogP contribution in [0.2, 0.25) is 0 Å². The van der Waals surface area contributed by atoms with Gasteiger partial charge in [-0.3, -0.25) is 4.79 Å². The van der Waals surface area contributed by atoms with Gasteiger partial charge in [0.25, 0.3) is 0 Å². The van der Waals surface area contributed by atoms with Gasteiger partial charge in [0.15, 0.2) is 0 Å². The zero-order valence-corrected chi connectivity index (χ0v) is 18.5. The second kappa shape index (κ2) is 8.20. The molecule has 0 unspecified atom stereocenters. The van der Waals surface area contributed by atoms with Crippen molar-refractivity contribution in [3.63, 3.8) is 0 Å². The Balaban J connectivity index is 1.53. The fourth-order valence-electron chi connectivity index (χ4n) is 3.08. The van der Waals surface area contributed by atoms with Crippen LogP contribution in [0.15, 0.2) is 23.2 Å². The third-order valence-electron chi connectivity index (χ3n) is 4.98. The van der Waals surface area contributed by atoms with Crippen molar-refractivity contribution in [1.29, 1.82) is 0 Å². The first kappa shape index (κ1) is 20.0. The smallest absolute Gasteiger partial charge is 0.234 e. The van der Waals surface area contributed by atoms with Gasteiger partial charge in [-0.2, -0.15) is 0 Å². The maximum absolute atomic E-state index is 12.6. The van der Waals surface area contributed by atoms with Crippen molar-refractivity contribution in [2.24, 2.45) is 0 Å². The Morgan fingerprint density at radius 2 is 2.03 bits per heavy atom. The van der Waals surface area contributed by atoms with Crippen LogP contribution in [0.4, 0.5) is 5.69 Å². The summed E-state index contributed by atoms with van der Waals surface area (Å²) in [7, 11) is 3.16. The molecule has 1 aliphatic carbocycles. The number of carbonyl (C=O) groups excluding carboxylic acids is 1. The molecule has 0 radical (unpaired) electrons. The van der Waals surface area contributed by atoms with Crippen LogP contribution in [-0.2, 0) is 4.79 Å². The summed E-state index contributed by atoms with van der Waals surface area (Å²) in [5.74, 6) is 2.78.